The largest absolute Gasteiger partial charge is 0.381 e. The van der Waals surface area contributed by atoms with Crippen LogP contribution in [0.25, 0.3) is 0 Å². The van der Waals surface area contributed by atoms with Gasteiger partial charge in [0.15, 0.2) is 5.17 Å². The molecule has 2 rings (SSSR count). The first-order valence-corrected chi connectivity index (χ1v) is 7.08. The number of carbonyl (C=O) groups excluding carboxylic acids is 1. The van der Waals surface area contributed by atoms with Gasteiger partial charge in [-0.2, -0.15) is 0 Å². The summed E-state index contributed by atoms with van der Waals surface area (Å²) in [5.74, 6) is 0.606. The number of hydrogen-bond donors (Lipinski definition) is 2. The number of nitrogens with one attached hydrogen (secondary N) is 1. The summed E-state index contributed by atoms with van der Waals surface area (Å²) in [4.78, 5) is 14.9. The third-order valence-corrected chi connectivity index (χ3v) is 4.24. The van der Waals surface area contributed by atoms with E-state index in [-0.39, 0.29) is 12.1 Å². The van der Waals surface area contributed by atoms with Gasteiger partial charge in [0.1, 0.15) is 6.61 Å². The molecule has 6 nitrogen and oxygen atoms in total. The summed E-state index contributed by atoms with van der Waals surface area (Å²) in [6.45, 7) is 2.58. The molecular formula is C11H19N3O3S. The minimum absolute atomic E-state index is 0.0350. The second-order valence-electron chi connectivity index (χ2n) is 4.51. The van der Waals surface area contributed by atoms with Gasteiger partial charge in [0.25, 0.3) is 0 Å². The van der Waals surface area contributed by atoms with E-state index in [0.717, 1.165) is 37.0 Å². The van der Waals surface area contributed by atoms with Gasteiger partial charge >= 0.3 is 0 Å². The molecule has 0 aromatic carbocycles. The van der Waals surface area contributed by atoms with Crippen molar-refractivity contribution >= 4 is 22.8 Å². The van der Waals surface area contributed by atoms with Crippen molar-refractivity contribution in [3.63, 3.8) is 0 Å². The summed E-state index contributed by atoms with van der Waals surface area (Å²) in [6, 6.07) is 0. The van der Waals surface area contributed by atoms with Crippen LogP contribution < -0.4 is 11.1 Å². The monoisotopic (exact) mass is 273 g/mol. The van der Waals surface area contributed by atoms with Gasteiger partial charge in [-0.1, -0.05) is 11.8 Å². The fourth-order valence-corrected chi connectivity index (χ4v) is 3.25. The molecule has 102 valence electrons. The molecule has 0 aromatic rings. The highest BCUT2D eigenvalue weighted by atomic mass is 32.2. The number of amidine groups is 1. The van der Waals surface area contributed by atoms with Crippen molar-refractivity contribution in [1.29, 1.82) is 0 Å². The van der Waals surface area contributed by atoms with Crippen LogP contribution in [0.5, 0.6) is 0 Å². The Bertz CT molecular complexity index is 329. The maximum absolute atomic E-state index is 10.5. The molecule has 0 atom stereocenters. The maximum Gasteiger partial charge on any atom is 0.243 e. The van der Waals surface area contributed by atoms with E-state index >= 15 is 0 Å². The van der Waals surface area contributed by atoms with Crippen LogP contribution in [0.2, 0.25) is 0 Å². The Morgan fingerprint density at radius 2 is 2.33 bits per heavy atom. The second-order valence-corrected chi connectivity index (χ2v) is 5.48. The molecule has 0 bridgehead atoms. The standard InChI is InChI=1S/C11H19N3O3S/c12-9(15)7-17-6-3-13-10-14-11(8-18-10)1-4-16-5-2-11/h1-8H2,(H2,12,15)(H,13,14). The number of carbonyl (C=O) groups is 1. The summed E-state index contributed by atoms with van der Waals surface area (Å²) in [7, 11) is 0. The third-order valence-electron chi connectivity index (χ3n) is 3.04. The average molecular weight is 273 g/mol. The zero-order valence-corrected chi connectivity index (χ0v) is 11.1. The predicted octanol–water partition coefficient (Wildman–Crippen LogP) is -0.270. The van der Waals surface area contributed by atoms with E-state index < -0.39 is 5.91 Å². The Labute approximate surface area is 111 Å². The van der Waals surface area contributed by atoms with Crippen LogP contribution in [0, 0.1) is 0 Å². The molecule has 3 N–H and O–H groups in total. The molecule has 0 saturated carbocycles. The van der Waals surface area contributed by atoms with Crippen LogP contribution in [0.4, 0.5) is 0 Å². The number of nitrogens with zero attached hydrogens (tertiary/aromatic N) is 1. The zero-order valence-electron chi connectivity index (χ0n) is 10.3. The molecule has 0 aliphatic carbocycles. The smallest absolute Gasteiger partial charge is 0.243 e. The number of aliphatic imine (C=N–C) groups is 1. The van der Waals surface area contributed by atoms with Crippen LogP contribution in [0.1, 0.15) is 12.8 Å². The minimum atomic E-state index is -0.447. The van der Waals surface area contributed by atoms with E-state index in [0.29, 0.717) is 13.2 Å². The number of hydrogen-bond acceptors (Lipinski definition) is 5. The van der Waals surface area contributed by atoms with Crippen molar-refractivity contribution < 1.29 is 14.3 Å². The molecule has 7 heteroatoms. The lowest BCUT2D eigenvalue weighted by molar-refractivity contribution is -0.122. The van der Waals surface area contributed by atoms with Gasteiger partial charge in [0.2, 0.25) is 5.91 Å². The number of thioether (sulfide) groups is 1. The lowest BCUT2D eigenvalue weighted by atomic mass is 9.93. The van der Waals surface area contributed by atoms with E-state index in [1.807, 2.05) is 0 Å². The Kier molecular flexibility index (Phi) is 4.85. The Morgan fingerprint density at radius 3 is 3.06 bits per heavy atom. The first-order chi connectivity index (χ1) is 8.70. The topological polar surface area (TPSA) is 85.9 Å². The Hall–Kier alpha value is -0.790. The number of nitrogens with two attached hydrogens (primary N) is 1. The molecule has 0 unspecified atom stereocenters. The molecule has 2 fully saturated rings. The Morgan fingerprint density at radius 1 is 1.56 bits per heavy atom. The lowest BCUT2D eigenvalue weighted by Crippen LogP contribution is -2.48. The molecule has 2 heterocycles. The van der Waals surface area contributed by atoms with Crippen LogP contribution in [-0.2, 0) is 14.3 Å². The van der Waals surface area contributed by atoms with Crippen molar-refractivity contribution in [2.45, 2.75) is 18.4 Å². The van der Waals surface area contributed by atoms with Gasteiger partial charge in [0, 0.05) is 19.0 Å². The highest BCUT2D eigenvalue weighted by Crippen LogP contribution is 2.31. The summed E-state index contributed by atoms with van der Waals surface area (Å²) >= 11 is 1.75. The van der Waals surface area contributed by atoms with Crippen LogP contribution >= 0.6 is 11.8 Å². The molecule has 2 aliphatic heterocycles. The molecular weight excluding hydrogens is 254 g/mol. The fourth-order valence-electron chi connectivity index (χ4n) is 2.01. The van der Waals surface area contributed by atoms with Crippen LogP contribution in [0.3, 0.4) is 0 Å². The SMILES string of the molecule is NC(=O)COCCN=C1NC2(CCOCC2)CS1. The molecule has 1 spiro atoms. The number of ether oxygens (including phenoxy) is 2. The van der Waals surface area contributed by atoms with Crippen molar-refractivity contribution in [3.05, 3.63) is 0 Å². The van der Waals surface area contributed by atoms with Gasteiger partial charge in [0.05, 0.1) is 18.7 Å². The van der Waals surface area contributed by atoms with Gasteiger partial charge < -0.3 is 20.5 Å². The van der Waals surface area contributed by atoms with E-state index in [4.69, 9.17) is 15.2 Å². The Balaban J connectivity index is 1.69. The first-order valence-electron chi connectivity index (χ1n) is 6.09. The van der Waals surface area contributed by atoms with Crippen molar-refractivity contribution in [1.82, 2.24) is 5.32 Å². The number of primary amides is 1. The van der Waals surface area contributed by atoms with Gasteiger partial charge in [-0.15, -0.1) is 0 Å². The predicted molar refractivity (Wildman–Crippen MR) is 70.7 cm³/mol. The molecule has 1 amide bonds. The summed E-state index contributed by atoms with van der Waals surface area (Å²) in [6.07, 6.45) is 2.08. The van der Waals surface area contributed by atoms with E-state index in [2.05, 4.69) is 10.3 Å². The first kappa shape index (κ1) is 13.6. The second kappa shape index (κ2) is 6.40. The van der Waals surface area contributed by atoms with E-state index in [1.165, 1.54) is 0 Å². The lowest BCUT2D eigenvalue weighted by Gasteiger charge is -2.32. The normalized spacial score (nSPS) is 24.3. The van der Waals surface area contributed by atoms with E-state index in [9.17, 15) is 4.79 Å². The van der Waals surface area contributed by atoms with Crippen LogP contribution in [0.15, 0.2) is 4.99 Å². The summed E-state index contributed by atoms with van der Waals surface area (Å²) in [5, 5.41) is 4.46. The van der Waals surface area contributed by atoms with Gasteiger partial charge in [-0.05, 0) is 12.8 Å². The van der Waals surface area contributed by atoms with Crippen molar-refractivity contribution in [2.75, 3.05) is 38.7 Å². The third kappa shape index (κ3) is 3.86. The zero-order chi connectivity index (χ0) is 12.8. The minimum Gasteiger partial charge on any atom is -0.381 e. The van der Waals surface area contributed by atoms with E-state index in [1.54, 1.807) is 11.8 Å². The molecule has 2 aliphatic rings. The van der Waals surface area contributed by atoms with Crippen LogP contribution in [-0.4, -0.2) is 55.3 Å². The molecule has 0 radical (unpaired) electrons. The number of amides is 1. The molecule has 0 aromatic heterocycles. The van der Waals surface area contributed by atoms with Gasteiger partial charge in [-0.25, -0.2) is 0 Å². The quantitative estimate of drug-likeness (QED) is 0.673. The number of rotatable bonds is 5. The highest BCUT2D eigenvalue weighted by Gasteiger charge is 2.38. The van der Waals surface area contributed by atoms with Crippen molar-refractivity contribution in [3.8, 4) is 0 Å². The van der Waals surface area contributed by atoms with Gasteiger partial charge in [-0.3, -0.25) is 9.79 Å². The summed E-state index contributed by atoms with van der Waals surface area (Å²) < 4.78 is 10.4. The molecule has 18 heavy (non-hydrogen) atoms. The highest BCUT2D eigenvalue weighted by molar-refractivity contribution is 8.14. The summed E-state index contributed by atoms with van der Waals surface area (Å²) in [5.41, 5.74) is 5.14. The van der Waals surface area contributed by atoms with Crippen molar-refractivity contribution in [2.24, 2.45) is 10.7 Å². The average Bonchev–Trinajstić information content (AvgIpc) is 2.72. The molecule has 2 saturated heterocycles. The maximum atomic E-state index is 10.5. The fraction of sp³-hybridized carbons (Fsp3) is 0.818.